The predicted octanol–water partition coefficient (Wildman–Crippen LogP) is 2.16. The van der Waals surface area contributed by atoms with E-state index in [9.17, 15) is 0 Å². The molecule has 132 valence electrons. The molecule has 0 atom stereocenters. The maximum absolute atomic E-state index is 5.24. The molecule has 0 radical (unpaired) electrons. The quantitative estimate of drug-likeness (QED) is 0.439. The topological polar surface area (TPSA) is 83.5 Å². The highest BCUT2D eigenvalue weighted by Crippen LogP contribution is 2.13. The third-order valence-corrected chi connectivity index (χ3v) is 3.53. The Labute approximate surface area is 152 Å². The standard InChI is InChI=1S/C17H22N6OS/c1-11-8-12(2)21-16(20-11)22-15(23-17(25)18-3)19-10-13-6-5-7-14(9-13)24-4/h5-9H,10H2,1-4H3,(H3,18,19,20,21,22,23,25). The van der Waals surface area contributed by atoms with Crippen molar-refractivity contribution in [2.75, 3.05) is 19.5 Å². The largest absolute Gasteiger partial charge is 0.497 e. The number of anilines is 1. The zero-order valence-electron chi connectivity index (χ0n) is 14.8. The Morgan fingerprint density at radius 2 is 1.92 bits per heavy atom. The molecule has 0 fully saturated rings. The van der Waals surface area contributed by atoms with Crippen LogP contribution >= 0.6 is 12.2 Å². The fourth-order valence-corrected chi connectivity index (χ4v) is 2.21. The van der Waals surface area contributed by atoms with Crippen molar-refractivity contribution in [1.29, 1.82) is 0 Å². The van der Waals surface area contributed by atoms with E-state index in [2.05, 4.69) is 30.9 Å². The number of ether oxygens (including phenoxy) is 1. The van der Waals surface area contributed by atoms with Crippen LogP contribution in [-0.2, 0) is 6.54 Å². The number of aromatic nitrogens is 2. The molecule has 0 aliphatic carbocycles. The Hall–Kier alpha value is -2.74. The number of aliphatic imine (C=N–C) groups is 1. The number of hydrogen-bond acceptors (Lipinski definition) is 5. The van der Waals surface area contributed by atoms with E-state index in [1.54, 1.807) is 14.2 Å². The van der Waals surface area contributed by atoms with Crippen molar-refractivity contribution in [3.05, 3.63) is 47.3 Å². The molecule has 1 heterocycles. The summed E-state index contributed by atoms with van der Waals surface area (Å²) < 4.78 is 5.24. The lowest BCUT2D eigenvalue weighted by atomic mass is 10.2. The molecule has 0 spiro atoms. The Morgan fingerprint density at radius 3 is 2.56 bits per heavy atom. The Morgan fingerprint density at radius 1 is 1.20 bits per heavy atom. The summed E-state index contributed by atoms with van der Waals surface area (Å²) in [5, 5.41) is 9.39. The van der Waals surface area contributed by atoms with E-state index in [0.29, 0.717) is 23.6 Å². The maximum atomic E-state index is 5.24. The summed E-state index contributed by atoms with van der Waals surface area (Å²) in [4.78, 5) is 13.3. The predicted molar refractivity (Wildman–Crippen MR) is 104 cm³/mol. The van der Waals surface area contributed by atoms with Crippen LogP contribution in [0.1, 0.15) is 17.0 Å². The molecule has 3 N–H and O–H groups in total. The molecule has 0 bridgehead atoms. The van der Waals surface area contributed by atoms with E-state index in [4.69, 9.17) is 17.0 Å². The van der Waals surface area contributed by atoms with Gasteiger partial charge in [-0.3, -0.25) is 5.32 Å². The van der Waals surface area contributed by atoms with Crippen molar-refractivity contribution >= 4 is 29.2 Å². The number of rotatable bonds is 4. The first-order chi connectivity index (χ1) is 12.0. The van der Waals surface area contributed by atoms with Crippen molar-refractivity contribution in [3.8, 4) is 5.75 Å². The first kappa shape index (κ1) is 18.6. The number of aryl methyl sites for hydroxylation is 2. The number of nitrogens with zero attached hydrogens (tertiary/aromatic N) is 3. The summed E-state index contributed by atoms with van der Waals surface area (Å²) in [5.41, 5.74) is 2.76. The van der Waals surface area contributed by atoms with Gasteiger partial charge in [0.1, 0.15) is 5.75 Å². The number of thiocarbonyl (C=S) groups is 1. The van der Waals surface area contributed by atoms with Gasteiger partial charge in [0.05, 0.1) is 13.7 Å². The van der Waals surface area contributed by atoms with Crippen molar-refractivity contribution < 1.29 is 4.74 Å². The second kappa shape index (κ2) is 8.93. The zero-order valence-corrected chi connectivity index (χ0v) is 15.6. The van der Waals surface area contributed by atoms with Crippen molar-refractivity contribution in [1.82, 2.24) is 20.6 Å². The first-order valence-electron chi connectivity index (χ1n) is 7.75. The van der Waals surface area contributed by atoms with Crippen molar-refractivity contribution in [2.24, 2.45) is 4.99 Å². The van der Waals surface area contributed by atoms with Gasteiger partial charge in [-0.15, -0.1) is 0 Å². The van der Waals surface area contributed by atoms with Gasteiger partial charge in [-0.2, -0.15) is 0 Å². The minimum Gasteiger partial charge on any atom is -0.497 e. The van der Waals surface area contributed by atoms with E-state index in [0.717, 1.165) is 22.7 Å². The van der Waals surface area contributed by atoms with Crippen LogP contribution in [0.3, 0.4) is 0 Å². The summed E-state index contributed by atoms with van der Waals surface area (Å²) >= 11 is 5.17. The van der Waals surface area contributed by atoms with E-state index in [1.165, 1.54) is 0 Å². The third-order valence-electron chi connectivity index (χ3n) is 3.23. The van der Waals surface area contributed by atoms with Crippen LogP contribution in [-0.4, -0.2) is 35.2 Å². The van der Waals surface area contributed by atoms with Gasteiger partial charge in [-0.1, -0.05) is 12.1 Å². The van der Waals surface area contributed by atoms with Crippen LogP contribution in [0, 0.1) is 13.8 Å². The smallest absolute Gasteiger partial charge is 0.229 e. The Kier molecular flexibility index (Phi) is 6.64. The van der Waals surface area contributed by atoms with Gasteiger partial charge in [-0.25, -0.2) is 15.0 Å². The molecule has 8 heteroatoms. The van der Waals surface area contributed by atoms with Gasteiger partial charge in [0.25, 0.3) is 0 Å². The first-order valence-corrected chi connectivity index (χ1v) is 8.16. The van der Waals surface area contributed by atoms with Gasteiger partial charge in [-0.05, 0) is 49.8 Å². The van der Waals surface area contributed by atoms with Crippen LogP contribution < -0.4 is 20.7 Å². The lowest BCUT2D eigenvalue weighted by molar-refractivity contribution is 0.414. The zero-order chi connectivity index (χ0) is 18.2. The van der Waals surface area contributed by atoms with E-state index in [-0.39, 0.29) is 0 Å². The van der Waals surface area contributed by atoms with Crippen LogP contribution in [0.15, 0.2) is 35.3 Å². The maximum Gasteiger partial charge on any atom is 0.229 e. The average molecular weight is 358 g/mol. The molecule has 2 aromatic rings. The molecule has 1 aromatic carbocycles. The highest BCUT2D eigenvalue weighted by molar-refractivity contribution is 7.80. The molecular weight excluding hydrogens is 336 g/mol. The second-order valence-electron chi connectivity index (χ2n) is 5.32. The molecule has 0 saturated carbocycles. The molecule has 1 aromatic heterocycles. The van der Waals surface area contributed by atoms with Gasteiger partial charge in [0.2, 0.25) is 11.9 Å². The molecule has 25 heavy (non-hydrogen) atoms. The fourth-order valence-electron chi connectivity index (χ4n) is 2.11. The average Bonchev–Trinajstić information content (AvgIpc) is 2.58. The van der Waals surface area contributed by atoms with Crippen molar-refractivity contribution in [2.45, 2.75) is 20.4 Å². The molecule has 0 unspecified atom stereocenters. The highest BCUT2D eigenvalue weighted by Gasteiger charge is 2.06. The summed E-state index contributed by atoms with van der Waals surface area (Å²) in [6, 6.07) is 9.64. The molecule has 0 aliphatic heterocycles. The van der Waals surface area contributed by atoms with Gasteiger partial charge >= 0.3 is 0 Å². The Bertz CT molecular complexity index is 757. The SMILES string of the molecule is CNC(=S)NC(=NCc1cccc(OC)c1)Nc1nc(C)cc(C)n1. The lowest BCUT2D eigenvalue weighted by Crippen LogP contribution is -2.41. The number of hydrogen-bond donors (Lipinski definition) is 3. The minimum absolute atomic E-state index is 0.446. The molecule has 0 aliphatic rings. The van der Waals surface area contributed by atoms with E-state index < -0.39 is 0 Å². The van der Waals surface area contributed by atoms with Crippen molar-refractivity contribution in [3.63, 3.8) is 0 Å². The normalized spacial score (nSPS) is 11.0. The van der Waals surface area contributed by atoms with E-state index >= 15 is 0 Å². The van der Waals surface area contributed by atoms with E-state index in [1.807, 2.05) is 44.2 Å². The van der Waals surface area contributed by atoms with Crippen LogP contribution in [0.2, 0.25) is 0 Å². The molecule has 7 nitrogen and oxygen atoms in total. The fraction of sp³-hybridized carbons (Fsp3) is 0.294. The minimum atomic E-state index is 0.446. The molecule has 2 rings (SSSR count). The Balaban J connectivity index is 2.20. The van der Waals surface area contributed by atoms with Gasteiger partial charge < -0.3 is 15.4 Å². The second-order valence-corrected chi connectivity index (χ2v) is 5.73. The summed E-state index contributed by atoms with van der Waals surface area (Å²) in [5.74, 6) is 1.72. The van der Waals surface area contributed by atoms with Gasteiger partial charge in [0, 0.05) is 18.4 Å². The lowest BCUT2D eigenvalue weighted by Gasteiger charge is -2.13. The number of benzene rings is 1. The van der Waals surface area contributed by atoms with Crippen LogP contribution in [0.5, 0.6) is 5.75 Å². The van der Waals surface area contributed by atoms with Crippen LogP contribution in [0.25, 0.3) is 0 Å². The number of guanidine groups is 1. The monoisotopic (exact) mass is 358 g/mol. The van der Waals surface area contributed by atoms with Gasteiger partial charge in [0.15, 0.2) is 5.11 Å². The summed E-state index contributed by atoms with van der Waals surface area (Å²) in [6.07, 6.45) is 0. The summed E-state index contributed by atoms with van der Waals surface area (Å²) in [6.45, 7) is 4.28. The molecule has 0 amide bonds. The molecule has 0 saturated heterocycles. The number of nitrogens with one attached hydrogen (secondary N) is 3. The summed E-state index contributed by atoms with van der Waals surface area (Å²) in [7, 11) is 3.38. The molecular formula is C17H22N6OS. The van der Waals surface area contributed by atoms with Crippen LogP contribution in [0.4, 0.5) is 5.95 Å². The highest BCUT2D eigenvalue weighted by atomic mass is 32.1. The third kappa shape index (κ3) is 6.00. The number of methoxy groups -OCH3 is 1.